The number of rotatable bonds is 5. The zero-order chi connectivity index (χ0) is 20.3. The van der Waals surface area contributed by atoms with Gasteiger partial charge in [-0.1, -0.05) is 23.7 Å². The van der Waals surface area contributed by atoms with Crippen LogP contribution in [0, 0.1) is 12.7 Å². The van der Waals surface area contributed by atoms with Gasteiger partial charge >= 0.3 is 0 Å². The molecule has 0 aliphatic rings. The Kier molecular flexibility index (Phi) is 5.80. The summed E-state index contributed by atoms with van der Waals surface area (Å²) in [6, 6.07) is 12.4. The molecule has 3 aromatic rings. The molecule has 0 radical (unpaired) electrons. The van der Waals surface area contributed by atoms with Gasteiger partial charge in [0.05, 0.1) is 24.9 Å². The van der Waals surface area contributed by atoms with E-state index in [1.165, 1.54) is 42.1 Å². The number of hydrogen-bond donors (Lipinski definition) is 1. The van der Waals surface area contributed by atoms with Crippen molar-refractivity contribution >= 4 is 23.2 Å². The minimum Gasteiger partial charge on any atom is -0.495 e. The van der Waals surface area contributed by atoms with Crippen LogP contribution in [0.3, 0.4) is 0 Å². The number of anilines is 1. The molecule has 0 bridgehead atoms. The number of carbonyl (C=O) groups is 1. The Morgan fingerprint density at radius 3 is 2.71 bits per heavy atom. The fourth-order valence-electron chi connectivity index (χ4n) is 2.76. The first-order valence-electron chi connectivity index (χ1n) is 8.48. The number of amides is 1. The summed E-state index contributed by atoms with van der Waals surface area (Å²) in [5.74, 6) is -0.415. The zero-order valence-corrected chi connectivity index (χ0v) is 16.1. The van der Waals surface area contributed by atoms with Crippen molar-refractivity contribution in [2.75, 3.05) is 12.4 Å². The maximum Gasteiger partial charge on any atom is 0.257 e. The van der Waals surface area contributed by atoms with Gasteiger partial charge in [-0.05, 0) is 42.8 Å². The van der Waals surface area contributed by atoms with Crippen molar-refractivity contribution in [3.8, 4) is 5.75 Å². The Hall–Kier alpha value is -3.12. The van der Waals surface area contributed by atoms with E-state index in [9.17, 15) is 14.0 Å². The molecule has 1 N–H and O–H groups in total. The van der Waals surface area contributed by atoms with E-state index >= 15 is 0 Å². The molecule has 28 heavy (non-hydrogen) atoms. The van der Waals surface area contributed by atoms with Gasteiger partial charge in [-0.3, -0.25) is 9.59 Å². The lowest BCUT2D eigenvalue weighted by molar-refractivity contribution is 0.102. The highest BCUT2D eigenvalue weighted by atomic mass is 35.5. The number of nitrogens with one attached hydrogen (secondary N) is 1. The fraction of sp³-hybridized carbons (Fsp3) is 0.143. The first kappa shape index (κ1) is 19.6. The Morgan fingerprint density at radius 1 is 1.21 bits per heavy atom. The van der Waals surface area contributed by atoms with Gasteiger partial charge in [-0.25, -0.2) is 4.39 Å². The maximum atomic E-state index is 14.0. The van der Waals surface area contributed by atoms with Crippen LogP contribution in [0.25, 0.3) is 0 Å². The van der Waals surface area contributed by atoms with E-state index in [-0.39, 0.29) is 28.3 Å². The summed E-state index contributed by atoms with van der Waals surface area (Å²) in [6.07, 6.45) is 1.38. The average molecular weight is 401 g/mol. The van der Waals surface area contributed by atoms with Crippen LogP contribution in [-0.2, 0) is 6.54 Å². The van der Waals surface area contributed by atoms with Crippen molar-refractivity contribution < 1.29 is 13.9 Å². The third-order valence-electron chi connectivity index (χ3n) is 4.24. The number of ether oxygens (including phenoxy) is 1. The zero-order valence-electron chi connectivity index (χ0n) is 15.3. The summed E-state index contributed by atoms with van der Waals surface area (Å²) in [4.78, 5) is 24.8. The minimum atomic E-state index is -0.515. The summed E-state index contributed by atoms with van der Waals surface area (Å²) in [5, 5.41) is 2.99. The fourth-order valence-corrected chi connectivity index (χ4v) is 2.98. The quantitative estimate of drug-likeness (QED) is 0.696. The molecule has 0 spiro atoms. The van der Waals surface area contributed by atoms with Crippen molar-refractivity contribution in [2.45, 2.75) is 13.5 Å². The largest absolute Gasteiger partial charge is 0.495 e. The molecule has 0 atom stereocenters. The van der Waals surface area contributed by atoms with E-state index in [0.29, 0.717) is 11.4 Å². The normalized spacial score (nSPS) is 10.6. The molecule has 1 amide bonds. The summed E-state index contributed by atoms with van der Waals surface area (Å²) in [7, 11) is 1.51. The lowest BCUT2D eigenvalue weighted by Gasteiger charge is -2.13. The lowest BCUT2D eigenvalue weighted by Crippen LogP contribution is -2.23. The van der Waals surface area contributed by atoms with Gasteiger partial charge in [-0.15, -0.1) is 0 Å². The molecule has 0 fully saturated rings. The Balaban J connectivity index is 1.90. The second-order valence-electron chi connectivity index (χ2n) is 6.24. The number of nitrogens with zero attached hydrogens (tertiary/aromatic N) is 1. The number of methoxy groups -OCH3 is 1. The van der Waals surface area contributed by atoms with Crippen LogP contribution in [0.15, 0.2) is 59.5 Å². The highest BCUT2D eigenvalue weighted by molar-refractivity contribution is 6.31. The molecule has 5 nitrogen and oxygen atoms in total. The molecular formula is C21H18ClFN2O3. The van der Waals surface area contributed by atoms with Crippen molar-refractivity contribution in [3.63, 3.8) is 0 Å². The smallest absolute Gasteiger partial charge is 0.257 e. The highest BCUT2D eigenvalue weighted by Crippen LogP contribution is 2.26. The van der Waals surface area contributed by atoms with E-state index in [1.807, 2.05) is 13.0 Å². The molecule has 1 aromatic heterocycles. The third-order valence-corrected chi connectivity index (χ3v) is 4.59. The first-order chi connectivity index (χ1) is 13.4. The van der Waals surface area contributed by atoms with E-state index in [2.05, 4.69) is 5.32 Å². The molecule has 1 heterocycles. The number of aryl methyl sites for hydroxylation is 1. The monoisotopic (exact) mass is 400 g/mol. The van der Waals surface area contributed by atoms with E-state index in [4.69, 9.17) is 16.3 Å². The number of benzene rings is 2. The Morgan fingerprint density at radius 2 is 2.00 bits per heavy atom. The highest BCUT2D eigenvalue weighted by Gasteiger charge is 2.13. The second-order valence-corrected chi connectivity index (χ2v) is 6.65. The van der Waals surface area contributed by atoms with Crippen LogP contribution in [0.4, 0.5) is 10.1 Å². The van der Waals surface area contributed by atoms with Crippen molar-refractivity contribution in [3.05, 3.63) is 92.6 Å². The number of pyridine rings is 1. The van der Waals surface area contributed by atoms with Gasteiger partial charge in [0, 0.05) is 22.8 Å². The number of carbonyl (C=O) groups excluding carboxylic acids is 1. The van der Waals surface area contributed by atoms with Crippen LogP contribution in [0.2, 0.25) is 5.02 Å². The first-order valence-corrected chi connectivity index (χ1v) is 8.86. The van der Waals surface area contributed by atoms with Gasteiger partial charge in [-0.2, -0.15) is 0 Å². The Bertz CT molecular complexity index is 1070. The molecule has 7 heteroatoms. The SMILES string of the molecule is COc1ccc(C)cc1NC(=O)c1ccc(=O)n(Cc2c(F)cccc2Cl)c1. The maximum absolute atomic E-state index is 14.0. The average Bonchev–Trinajstić information content (AvgIpc) is 2.66. The molecule has 144 valence electrons. The van der Waals surface area contributed by atoms with Crippen LogP contribution in [0.1, 0.15) is 21.5 Å². The number of hydrogen-bond acceptors (Lipinski definition) is 3. The summed E-state index contributed by atoms with van der Waals surface area (Å²) in [6.45, 7) is 1.81. The lowest BCUT2D eigenvalue weighted by atomic mass is 10.2. The molecule has 0 aliphatic carbocycles. The van der Waals surface area contributed by atoms with Gasteiger partial charge in [0.25, 0.3) is 11.5 Å². The predicted molar refractivity (Wildman–Crippen MR) is 107 cm³/mol. The number of aromatic nitrogens is 1. The van der Waals surface area contributed by atoms with Gasteiger partial charge in [0.2, 0.25) is 0 Å². The van der Waals surface area contributed by atoms with E-state index in [1.54, 1.807) is 18.2 Å². The molecule has 0 saturated carbocycles. The van der Waals surface area contributed by atoms with E-state index < -0.39 is 11.7 Å². The molecule has 2 aromatic carbocycles. The van der Waals surface area contributed by atoms with Crippen LogP contribution >= 0.6 is 11.6 Å². The molecule has 3 rings (SSSR count). The number of halogens is 2. The van der Waals surface area contributed by atoms with Crippen molar-refractivity contribution in [1.29, 1.82) is 0 Å². The van der Waals surface area contributed by atoms with Gasteiger partial charge in [0.1, 0.15) is 11.6 Å². The van der Waals surface area contributed by atoms with Gasteiger partial charge < -0.3 is 14.6 Å². The van der Waals surface area contributed by atoms with Crippen LogP contribution < -0.4 is 15.6 Å². The molecule has 0 saturated heterocycles. The summed E-state index contributed by atoms with van der Waals surface area (Å²) >= 11 is 6.04. The van der Waals surface area contributed by atoms with Gasteiger partial charge in [0.15, 0.2) is 0 Å². The van der Waals surface area contributed by atoms with Crippen molar-refractivity contribution in [2.24, 2.45) is 0 Å². The minimum absolute atomic E-state index is 0.0841. The summed E-state index contributed by atoms with van der Waals surface area (Å²) < 4.78 is 20.5. The molecule has 0 aliphatic heterocycles. The molecular weight excluding hydrogens is 383 g/mol. The topological polar surface area (TPSA) is 60.3 Å². The van der Waals surface area contributed by atoms with Crippen LogP contribution in [0.5, 0.6) is 5.75 Å². The van der Waals surface area contributed by atoms with Crippen LogP contribution in [-0.4, -0.2) is 17.6 Å². The third kappa shape index (κ3) is 4.23. The predicted octanol–water partition coefficient (Wildman–Crippen LogP) is 4.26. The van der Waals surface area contributed by atoms with E-state index in [0.717, 1.165) is 5.56 Å². The standard InChI is InChI=1S/C21H18ClFN2O3/c1-13-6-8-19(28-2)18(10-13)24-21(27)14-7-9-20(26)25(11-14)12-15-16(22)4-3-5-17(15)23/h3-11H,12H2,1-2H3,(H,24,27). The Labute approximate surface area is 166 Å². The summed E-state index contributed by atoms with van der Waals surface area (Å²) in [5.41, 5.74) is 1.53. The van der Waals surface area contributed by atoms with Crippen molar-refractivity contribution in [1.82, 2.24) is 4.57 Å². The molecule has 0 unspecified atom stereocenters. The second kappa shape index (κ2) is 8.27.